The lowest BCUT2D eigenvalue weighted by atomic mass is 9.97. The SMILES string of the molecule is Cc1cc2nnc(C(=O)N3CCC(c4nc(C(=O)Nc5nc(C)c(C)s5)cs4)CC3)c(C)n2n1. The first-order chi connectivity index (χ1) is 16.3. The van der Waals surface area contributed by atoms with Crippen molar-refractivity contribution in [2.45, 2.75) is 46.5 Å². The second-order valence-corrected chi connectivity index (χ2v) is 10.5. The minimum Gasteiger partial charge on any atom is -0.337 e. The summed E-state index contributed by atoms with van der Waals surface area (Å²) in [7, 11) is 0. The predicted molar refractivity (Wildman–Crippen MR) is 130 cm³/mol. The van der Waals surface area contributed by atoms with Gasteiger partial charge in [-0.15, -0.1) is 32.9 Å². The molecule has 1 N–H and O–H groups in total. The summed E-state index contributed by atoms with van der Waals surface area (Å²) in [5.74, 6) is -0.169. The Balaban J connectivity index is 1.22. The maximum atomic E-state index is 13.1. The molecule has 10 nitrogen and oxygen atoms in total. The number of carbonyl (C=O) groups is 2. The first-order valence-electron chi connectivity index (χ1n) is 11.0. The van der Waals surface area contributed by atoms with Crippen LogP contribution in [0, 0.1) is 27.7 Å². The third-order valence-corrected chi connectivity index (χ3v) is 8.06. The van der Waals surface area contributed by atoms with E-state index < -0.39 is 0 Å². The van der Waals surface area contributed by atoms with Gasteiger partial charge in [0.1, 0.15) is 5.69 Å². The van der Waals surface area contributed by atoms with Crippen molar-refractivity contribution in [3.05, 3.63) is 49.8 Å². The molecule has 0 aromatic carbocycles. The summed E-state index contributed by atoms with van der Waals surface area (Å²) >= 11 is 2.95. The molecule has 0 spiro atoms. The van der Waals surface area contributed by atoms with E-state index in [0.29, 0.717) is 41.0 Å². The fourth-order valence-electron chi connectivity index (χ4n) is 4.02. The number of aromatic nitrogens is 6. The van der Waals surface area contributed by atoms with Crippen molar-refractivity contribution in [2.24, 2.45) is 0 Å². The van der Waals surface area contributed by atoms with E-state index >= 15 is 0 Å². The highest BCUT2D eigenvalue weighted by Gasteiger charge is 2.29. The molecule has 0 aliphatic carbocycles. The van der Waals surface area contributed by atoms with E-state index in [2.05, 4.69) is 30.6 Å². The summed E-state index contributed by atoms with van der Waals surface area (Å²) < 4.78 is 1.67. The molecule has 5 heterocycles. The van der Waals surface area contributed by atoms with Gasteiger partial charge in [0.2, 0.25) is 0 Å². The van der Waals surface area contributed by atoms with Crippen LogP contribution in [-0.4, -0.2) is 59.6 Å². The van der Waals surface area contributed by atoms with Crippen LogP contribution in [0.15, 0.2) is 11.4 Å². The number of fused-ring (bicyclic) bond motifs is 1. The molecule has 0 bridgehead atoms. The minimum atomic E-state index is -0.248. The van der Waals surface area contributed by atoms with Crippen LogP contribution >= 0.6 is 22.7 Å². The Hall–Kier alpha value is -3.25. The average molecular weight is 497 g/mol. The highest BCUT2D eigenvalue weighted by atomic mass is 32.1. The van der Waals surface area contributed by atoms with Crippen LogP contribution in [0.25, 0.3) is 5.65 Å². The zero-order chi connectivity index (χ0) is 24.0. The van der Waals surface area contributed by atoms with Gasteiger partial charge < -0.3 is 4.90 Å². The number of hydrogen-bond donors (Lipinski definition) is 1. The van der Waals surface area contributed by atoms with Crippen molar-refractivity contribution >= 4 is 45.3 Å². The van der Waals surface area contributed by atoms with Crippen LogP contribution in [-0.2, 0) is 0 Å². The molecule has 0 saturated carbocycles. The van der Waals surface area contributed by atoms with E-state index in [9.17, 15) is 9.59 Å². The zero-order valence-electron chi connectivity index (χ0n) is 19.3. The summed E-state index contributed by atoms with van der Waals surface area (Å²) in [6, 6.07) is 1.83. The molecule has 176 valence electrons. The van der Waals surface area contributed by atoms with Gasteiger partial charge in [-0.1, -0.05) is 0 Å². The molecule has 5 rings (SSSR count). The molecule has 1 saturated heterocycles. The predicted octanol–water partition coefficient (Wildman–Crippen LogP) is 3.54. The lowest BCUT2D eigenvalue weighted by Crippen LogP contribution is -2.39. The molecule has 4 aromatic heterocycles. The highest BCUT2D eigenvalue weighted by molar-refractivity contribution is 7.15. The highest BCUT2D eigenvalue weighted by Crippen LogP contribution is 2.31. The van der Waals surface area contributed by atoms with Crippen LogP contribution in [0.1, 0.15) is 66.7 Å². The lowest BCUT2D eigenvalue weighted by molar-refractivity contribution is 0.0704. The Kier molecular flexibility index (Phi) is 5.86. The minimum absolute atomic E-state index is 0.133. The van der Waals surface area contributed by atoms with Gasteiger partial charge in [-0.3, -0.25) is 14.9 Å². The van der Waals surface area contributed by atoms with Gasteiger partial charge in [0.05, 0.1) is 22.1 Å². The number of rotatable bonds is 4. The molecular formula is C22H24N8O2S2. The molecule has 1 aliphatic rings. The number of piperidine rings is 1. The Bertz CT molecular complexity index is 1380. The first kappa shape index (κ1) is 22.5. The van der Waals surface area contributed by atoms with Crippen molar-refractivity contribution in [1.29, 1.82) is 0 Å². The van der Waals surface area contributed by atoms with Gasteiger partial charge in [-0.05, 0) is 40.5 Å². The molecule has 1 aliphatic heterocycles. The van der Waals surface area contributed by atoms with Crippen molar-refractivity contribution in [3.8, 4) is 0 Å². The summed E-state index contributed by atoms with van der Waals surface area (Å²) in [5.41, 5.74) is 3.80. The number of aryl methyl sites for hydroxylation is 4. The van der Waals surface area contributed by atoms with Gasteiger partial charge in [0, 0.05) is 35.3 Å². The topological polar surface area (TPSA) is 118 Å². The van der Waals surface area contributed by atoms with Crippen molar-refractivity contribution in [2.75, 3.05) is 18.4 Å². The molecule has 4 aromatic rings. The fraction of sp³-hybridized carbons (Fsp3) is 0.409. The number of amides is 2. The van der Waals surface area contributed by atoms with Crippen molar-refractivity contribution in [1.82, 2.24) is 34.7 Å². The maximum Gasteiger partial charge on any atom is 0.276 e. The molecule has 1 fully saturated rings. The fourth-order valence-corrected chi connectivity index (χ4v) is 5.80. The molecule has 12 heteroatoms. The van der Waals surface area contributed by atoms with Gasteiger partial charge in [-0.2, -0.15) is 5.10 Å². The monoisotopic (exact) mass is 496 g/mol. The summed E-state index contributed by atoms with van der Waals surface area (Å²) in [4.78, 5) is 37.5. The van der Waals surface area contributed by atoms with E-state index in [1.807, 2.05) is 38.7 Å². The average Bonchev–Trinajstić information content (AvgIpc) is 3.53. The van der Waals surface area contributed by atoms with Gasteiger partial charge in [0.15, 0.2) is 16.5 Å². The van der Waals surface area contributed by atoms with Gasteiger partial charge >= 0.3 is 0 Å². The second-order valence-electron chi connectivity index (χ2n) is 8.44. The van der Waals surface area contributed by atoms with E-state index in [1.165, 1.54) is 22.7 Å². The second kappa shape index (κ2) is 8.84. The largest absolute Gasteiger partial charge is 0.337 e. The third-order valence-electron chi connectivity index (χ3n) is 6.06. The van der Waals surface area contributed by atoms with Crippen molar-refractivity contribution in [3.63, 3.8) is 0 Å². The van der Waals surface area contributed by atoms with E-state index in [0.717, 1.165) is 34.1 Å². The summed E-state index contributed by atoms with van der Waals surface area (Å²) in [6.07, 6.45) is 1.56. The Labute approximate surface area is 204 Å². The van der Waals surface area contributed by atoms with Crippen molar-refractivity contribution < 1.29 is 9.59 Å². The molecule has 0 unspecified atom stereocenters. The summed E-state index contributed by atoms with van der Waals surface area (Å²) in [5, 5.41) is 18.9. The number of anilines is 1. The molecule has 2 amide bonds. The lowest BCUT2D eigenvalue weighted by Gasteiger charge is -2.31. The number of likely N-dealkylation sites (tertiary alicyclic amines) is 1. The van der Waals surface area contributed by atoms with Crippen LogP contribution in [0.3, 0.4) is 0 Å². The smallest absolute Gasteiger partial charge is 0.276 e. The van der Waals surface area contributed by atoms with E-state index in [1.54, 1.807) is 9.90 Å². The van der Waals surface area contributed by atoms with E-state index in [4.69, 9.17) is 0 Å². The van der Waals surface area contributed by atoms with Crippen LogP contribution in [0.4, 0.5) is 5.13 Å². The third kappa shape index (κ3) is 4.18. The number of nitrogens with one attached hydrogen (secondary N) is 1. The maximum absolute atomic E-state index is 13.1. The zero-order valence-corrected chi connectivity index (χ0v) is 21.0. The standard InChI is InChI=1S/C22H24N8O2S2/c1-11-9-17-26-27-18(13(3)30(17)28-11)21(32)29-7-5-15(6-8-29)20-24-16(10-33-20)19(31)25-22-23-12(2)14(4)34-22/h9-10,15H,5-8H2,1-4H3,(H,23,25,31). The van der Waals surface area contributed by atoms with Crippen LogP contribution < -0.4 is 5.32 Å². The Morgan fingerprint density at radius 3 is 2.56 bits per heavy atom. The van der Waals surface area contributed by atoms with Gasteiger partial charge in [0.25, 0.3) is 11.8 Å². The van der Waals surface area contributed by atoms with Gasteiger partial charge in [-0.25, -0.2) is 14.5 Å². The normalized spacial score (nSPS) is 14.6. The molecular weight excluding hydrogens is 472 g/mol. The first-order valence-corrected chi connectivity index (χ1v) is 12.7. The number of thiazole rings is 2. The van der Waals surface area contributed by atoms with Crippen LogP contribution in [0.5, 0.6) is 0 Å². The Morgan fingerprint density at radius 1 is 1.09 bits per heavy atom. The van der Waals surface area contributed by atoms with Crippen LogP contribution in [0.2, 0.25) is 0 Å². The molecule has 34 heavy (non-hydrogen) atoms. The molecule has 0 atom stereocenters. The van der Waals surface area contributed by atoms with E-state index in [-0.39, 0.29) is 17.7 Å². The summed E-state index contributed by atoms with van der Waals surface area (Å²) in [6.45, 7) is 8.81. The Morgan fingerprint density at radius 2 is 1.85 bits per heavy atom. The number of hydrogen-bond acceptors (Lipinski definition) is 9. The molecule has 0 radical (unpaired) electrons. The number of nitrogens with zero attached hydrogens (tertiary/aromatic N) is 7. The quantitative estimate of drug-likeness (QED) is 0.459. The number of carbonyl (C=O) groups excluding carboxylic acids is 2.